The van der Waals surface area contributed by atoms with E-state index in [4.69, 9.17) is 9.47 Å². The Kier molecular flexibility index (Phi) is 5.78. The summed E-state index contributed by atoms with van der Waals surface area (Å²) in [5.41, 5.74) is 1.09. The maximum absolute atomic E-state index is 5.42. The molecule has 1 N–H and O–H groups in total. The predicted octanol–water partition coefficient (Wildman–Crippen LogP) is 3.35. The van der Waals surface area contributed by atoms with Crippen LogP contribution < -0.4 is 14.8 Å². The second-order valence-corrected chi connectivity index (χ2v) is 4.81. The van der Waals surface area contributed by atoms with Crippen molar-refractivity contribution in [1.29, 1.82) is 0 Å². The lowest BCUT2D eigenvalue weighted by Crippen LogP contribution is -2.24. The second-order valence-electron chi connectivity index (χ2n) is 3.95. The highest BCUT2D eigenvalue weighted by Crippen LogP contribution is 2.35. The molecule has 0 aliphatic heterocycles. The minimum atomic E-state index is 0.484. The van der Waals surface area contributed by atoms with E-state index >= 15 is 0 Å². The molecule has 0 heterocycles. The molecular formula is C13H20BrNO2. The minimum Gasteiger partial charge on any atom is -0.493 e. The van der Waals surface area contributed by atoms with Crippen LogP contribution in [0.4, 0.5) is 0 Å². The fourth-order valence-electron chi connectivity index (χ4n) is 1.55. The van der Waals surface area contributed by atoms with Gasteiger partial charge in [-0.15, -0.1) is 0 Å². The lowest BCUT2D eigenvalue weighted by Gasteiger charge is -2.17. The standard InChI is InChI=1S/C13H20BrNO2/c1-5-9(2)15-8-10-11(14)6-7-12(16-3)13(10)17-4/h6-7,9,15H,5,8H2,1-4H3. The fraction of sp³-hybridized carbons (Fsp3) is 0.538. The van der Waals surface area contributed by atoms with Crippen molar-refractivity contribution in [2.75, 3.05) is 14.2 Å². The van der Waals surface area contributed by atoms with Crippen LogP contribution >= 0.6 is 15.9 Å². The highest BCUT2D eigenvalue weighted by molar-refractivity contribution is 9.10. The molecule has 0 saturated heterocycles. The van der Waals surface area contributed by atoms with Gasteiger partial charge in [-0.05, 0) is 25.5 Å². The van der Waals surface area contributed by atoms with E-state index in [0.717, 1.165) is 34.5 Å². The molecule has 0 fully saturated rings. The Balaban J connectivity index is 2.95. The maximum Gasteiger partial charge on any atom is 0.166 e. The van der Waals surface area contributed by atoms with Crippen LogP contribution in [0.15, 0.2) is 16.6 Å². The molecule has 17 heavy (non-hydrogen) atoms. The first-order valence-electron chi connectivity index (χ1n) is 5.76. The number of ether oxygens (including phenoxy) is 2. The Hall–Kier alpha value is -0.740. The average Bonchev–Trinajstić information content (AvgIpc) is 2.36. The summed E-state index contributed by atoms with van der Waals surface area (Å²) in [5, 5.41) is 3.45. The molecule has 1 unspecified atom stereocenters. The van der Waals surface area contributed by atoms with Gasteiger partial charge in [0.2, 0.25) is 0 Å². The van der Waals surface area contributed by atoms with Gasteiger partial charge >= 0.3 is 0 Å². The topological polar surface area (TPSA) is 30.5 Å². The summed E-state index contributed by atoms with van der Waals surface area (Å²) in [7, 11) is 3.31. The first-order valence-corrected chi connectivity index (χ1v) is 6.56. The Morgan fingerprint density at radius 1 is 1.29 bits per heavy atom. The van der Waals surface area contributed by atoms with Gasteiger partial charge in [-0.2, -0.15) is 0 Å². The largest absolute Gasteiger partial charge is 0.493 e. The third-order valence-electron chi connectivity index (χ3n) is 2.83. The lowest BCUT2D eigenvalue weighted by atomic mass is 10.1. The van der Waals surface area contributed by atoms with Crippen LogP contribution in [0.5, 0.6) is 11.5 Å². The zero-order valence-electron chi connectivity index (χ0n) is 10.8. The third kappa shape index (κ3) is 3.61. The molecule has 0 amide bonds. The van der Waals surface area contributed by atoms with Crippen molar-refractivity contribution in [3.63, 3.8) is 0 Å². The molecule has 1 atom stereocenters. The van der Waals surface area contributed by atoms with Gasteiger partial charge < -0.3 is 14.8 Å². The second kappa shape index (κ2) is 6.87. The SMILES string of the molecule is CCC(C)NCc1c(Br)ccc(OC)c1OC. The number of hydrogen-bond acceptors (Lipinski definition) is 3. The van der Waals surface area contributed by atoms with Crippen LogP contribution in [0.2, 0.25) is 0 Å². The Morgan fingerprint density at radius 3 is 2.53 bits per heavy atom. The van der Waals surface area contributed by atoms with E-state index in [1.165, 1.54) is 0 Å². The van der Waals surface area contributed by atoms with Gasteiger partial charge in [0, 0.05) is 22.6 Å². The molecule has 0 bridgehead atoms. The first kappa shape index (κ1) is 14.3. The van der Waals surface area contributed by atoms with E-state index in [9.17, 15) is 0 Å². The fourth-order valence-corrected chi connectivity index (χ4v) is 2.00. The number of methoxy groups -OCH3 is 2. The van der Waals surface area contributed by atoms with Crippen LogP contribution in [0.25, 0.3) is 0 Å². The molecule has 4 heteroatoms. The summed E-state index contributed by atoms with van der Waals surface area (Å²) in [5.74, 6) is 1.55. The minimum absolute atomic E-state index is 0.484. The van der Waals surface area contributed by atoms with Crippen molar-refractivity contribution >= 4 is 15.9 Å². The monoisotopic (exact) mass is 301 g/mol. The van der Waals surface area contributed by atoms with E-state index in [2.05, 4.69) is 35.1 Å². The van der Waals surface area contributed by atoms with Crippen LogP contribution in [-0.2, 0) is 6.54 Å². The number of halogens is 1. The van der Waals surface area contributed by atoms with Crippen LogP contribution in [0, 0.1) is 0 Å². The average molecular weight is 302 g/mol. The van der Waals surface area contributed by atoms with Crippen molar-refractivity contribution in [2.45, 2.75) is 32.9 Å². The molecular weight excluding hydrogens is 282 g/mol. The van der Waals surface area contributed by atoms with Crippen molar-refractivity contribution < 1.29 is 9.47 Å². The molecule has 0 aliphatic rings. The van der Waals surface area contributed by atoms with E-state index in [1.807, 2.05) is 12.1 Å². The first-order chi connectivity index (χ1) is 8.13. The summed E-state index contributed by atoms with van der Waals surface area (Å²) in [6.45, 7) is 5.09. The summed E-state index contributed by atoms with van der Waals surface area (Å²) in [6, 6.07) is 4.36. The maximum atomic E-state index is 5.42. The summed E-state index contributed by atoms with van der Waals surface area (Å²) in [4.78, 5) is 0. The third-order valence-corrected chi connectivity index (χ3v) is 3.57. The summed E-state index contributed by atoms with van der Waals surface area (Å²) in [6.07, 6.45) is 1.10. The summed E-state index contributed by atoms with van der Waals surface area (Å²) >= 11 is 3.55. The summed E-state index contributed by atoms with van der Waals surface area (Å²) < 4.78 is 11.7. The molecule has 0 spiro atoms. The lowest BCUT2D eigenvalue weighted by molar-refractivity contribution is 0.349. The van der Waals surface area contributed by atoms with Gasteiger partial charge in [0.25, 0.3) is 0 Å². The van der Waals surface area contributed by atoms with Gasteiger partial charge in [-0.25, -0.2) is 0 Å². The van der Waals surface area contributed by atoms with E-state index in [0.29, 0.717) is 6.04 Å². The zero-order chi connectivity index (χ0) is 12.8. The molecule has 1 aromatic rings. The van der Waals surface area contributed by atoms with Gasteiger partial charge in [0.1, 0.15) is 0 Å². The van der Waals surface area contributed by atoms with Crippen molar-refractivity contribution in [3.8, 4) is 11.5 Å². The molecule has 0 radical (unpaired) electrons. The molecule has 0 saturated carbocycles. The normalized spacial score (nSPS) is 12.3. The highest BCUT2D eigenvalue weighted by atomic mass is 79.9. The van der Waals surface area contributed by atoms with Crippen molar-refractivity contribution in [1.82, 2.24) is 5.32 Å². The zero-order valence-corrected chi connectivity index (χ0v) is 12.4. The van der Waals surface area contributed by atoms with Gasteiger partial charge in [-0.3, -0.25) is 0 Å². The molecule has 0 aromatic heterocycles. The molecule has 3 nitrogen and oxygen atoms in total. The van der Waals surface area contributed by atoms with Crippen molar-refractivity contribution in [3.05, 3.63) is 22.2 Å². The number of benzene rings is 1. The number of hydrogen-bond donors (Lipinski definition) is 1. The number of rotatable bonds is 6. The quantitative estimate of drug-likeness (QED) is 0.874. The molecule has 1 rings (SSSR count). The van der Waals surface area contributed by atoms with E-state index < -0.39 is 0 Å². The highest BCUT2D eigenvalue weighted by Gasteiger charge is 2.13. The van der Waals surface area contributed by atoms with Crippen molar-refractivity contribution in [2.24, 2.45) is 0 Å². The van der Waals surface area contributed by atoms with Gasteiger partial charge in [-0.1, -0.05) is 22.9 Å². The molecule has 0 aliphatic carbocycles. The van der Waals surface area contributed by atoms with Gasteiger partial charge in [0.15, 0.2) is 11.5 Å². The smallest absolute Gasteiger partial charge is 0.166 e. The van der Waals surface area contributed by atoms with Crippen LogP contribution in [0.3, 0.4) is 0 Å². The predicted molar refractivity (Wildman–Crippen MR) is 73.8 cm³/mol. The van der Waals surface area contributed by atoms with Gasteiger partial charge in [0.05, 0.1) is 14.2 Å². The van der Waals surface area contributed by atoms with Crippen LogP contribution in [0.1, 0.15) is 25.8 Å². The van der Waals surface area contributed by atoms with E-state index in [-0.39, 0.29) is 0 Å². The Labute approximate surface area is 112 Å². The number of nitrogens with one attached hydrogen (secondary N) is 1. The molecule has 96 valence electrons. The Morgan fingerprint density at radius 2 is 2.00 bits per heavy atom. The Bertz CT molecular complexity index is 369. The molecule has 1 aromatic carbocycles. The van der Waals surface area contributed by atoms with Crippen LogP contribution in [-0.4, -0.2) is 20.3 Å². The van der Waals surface area contributed by atoms with E-state index in [1.54, 1.807) is 14.2 Å².